The topological polar surface area (TPSA) is 29.1 Å². The second kappa shape index (κ2) is 5.43. The van der Waals surface area contributed by atoms with E-state index in [1.807, 2.05) is 6.07 Å². The first-order chi connectivity index (χ1) is 8.07. The van der Waals surface area contributed by atoms with Gasteiger partial charge in [0.2, 0.25) is 5.91 Å². The Bertz CT molecular complexity index is 412. The van der Waals surface area contributed by atoms with Crippen molar-refractivity contribution >= 4 is 17.2 Å². The Labute approximate surface area is 115 Å². The van der Waals surface area contributed by atoms with Crippen molar-refractivity contribution in [2.75, 3.05) is 0 Å². The van der Waals surface area contributed by atoms with Crippen LogP contribution in [0.4, 0.5) is 0 Å². The molecule has 1 N–H and O–H groups in total. The minimum absolute atomic E-state index is 0.117. The quantitative estimate of drug-likeness (QED) is 0.880. The maximum Gasteiger partial charge on any atom is 0.225 e. The molecule has 1 amide bonds. The minimum Gasteiger partial charge on any atom is -0.351 e. The van der Waals surface area contributed by atoms with Gasteiger partial charge in [-0.3, -0.25) is 4.79 Å². The van der Waals surface area contributed by atoms with Crippen molar-refractivity contribution in [3.63, 3.8) is 0 Å². The van der Waals surface area contributed by atoms with Gasteiger partial charge >= 0.3 is 0 Å². The molecule has 1 aromatic heterocycles. The van der Waals surface area contributed by atoms with Crippen LogP contribution >= 0.6 is 11.3 Å². The van der Waals surface area contributed by atoms with E-state index in [0.29, 0.717) is 6.42 Å². The van der Waals surface area contributed by atoms with Crippen molar-refractivity contribution < 1.29 is 4.79 Å². The molecule has 0 saturated carbocycles. The molecule has 1 rings (SSSR count). The molecule has 0 fully saturated rings. The fourth-order valence-corrected chi connectivity index (χ4v) is 3.42. The van der Waals surface area contributed by atoms with E-state index in [9.17, 15) is 4.79 Å². The fourth-order valence-electron chi connectivity index (χ4n) is 2.53. The summed E-state index contributed by atoms with van der Waals surface area (Å²) >= 11 is 1.69. The number of hydrogen-bond acceptors (Lipinski definition) is 2. The van der Waals surface area contributed by atoms with Gasteiger partial charge in [0.05, 0.1) is 6.42 Å². The number of hydrogen-bond donors (Lipinski definition) is 1. The summed E-state index contributed by atoms with van der Waals surface area (Å²) in [6, 6.07) is 4.10. The second-order valence-corrected chi connectivity index (χ2v) is 8.23. The molecule has 0 aliphatic heterocycles. The van der Waals surface area contributed by atoms with Crippen LogP contribution < -0.4 is 5.32 Å². The van der Waals surface area contributed by atoms with E-state index in [-0.39, 0.29) is 16.9 Å². The van der Waals surface area contributed by atoms with Gasteiger partial charge in [0, 0.05) is 15.3 Å². The summed E-state index contributed by atoms with van der Waals surface area (Å²) in [6.07, 6.45) is 1.46. The van der Waals surface area contributed by atoms with Crippen LogP contribution in [0.25, 0.3) is 0 Å². The van der Waals surface area contributed by atoms with Crippen molar-refractivity contribution in [3.8, 4) is 0 Å². The molecule has 0 radical (unpaired) electrons. The minimum atomic E-state index is -0.151. The molecule has 0 unspecified atom stereocenters. The largest absolute Gasteiger partial charge is 0.351 e. The normalized spacial score (nSPS) is 12.6. The van der Waals surface area contributed by atoms with Crippen molar-refractivity contribution in [3.05, 3.63) is 21.9 Å². The maximum absolute atomic E-state index is 12.0. The zero-order valence-electron chi connectivity index (χ0n) is 12.4. The lowest BCUT2D eigenvalue weighted by Crippen LogP contribution is -2.46. The van der Waals surface area contributed by atoms with Gasteiger partial charge in [-0.15, -0.1) is 11.3 Å². The van der Waals surface area contributed by atoms with Gasteiger partial charge in [-0.25, -0.2) is 0 Å². The Hall–Kier alpha value is -0.830. The molecule has 0 aliphatic carbocycles. The highest BCUT2D eigenvalue weighted by Gasteiger charge is 2.26. The molecule has 3 heteroatoms. The lowest BCUT2D eigenvalue weighted by molar-refractivity contribution is -0.122. The van der Waals surface area contributed by atoms with E-state index in [1.54, 1.807) is 11.3 Å². The van der Waals surface area contributed by atoms with E-state index < -0.39 is 0 Å². The monoisotopic (exact) mass is 267 g/mol. The number of nitrogens with one attached hydrogen (secondary N) is 1. The first kappa shape index (κ1) is 15.2. The lowest BCUT2D eigenvalue weighted by atomic mass is 9.82. The van der Waals surface area contributed by atoms with Gasteiger partial charge in [0.1, 0.15) is 0 Å². The molecule has 0 bridgehead atoms. The maximum atomic E-state index is 12.0. The highest BCUT2D eigenvalue weighted by molar-refractivity contribution is 7.12. The number of aryl methyl sites for hydroxylation is 1. The Morgan fingerprint density at radius 2 is 1.83 bits per heavy atom. The number of carbonyl (C=O) groups excluding carboxylic acids is 1. The zero-order chi connectivity index (χ0) is 14.0. The standard InChI is InChI=1S/C15H25NOS/c1-11-7-8-12(18-11)9-13(17)16-15(5,6)10-14(2,3)4/h7-8H,9-10H2,1-6H3,(H,16,17). The van der Waals surface area contributed by atoms with Gasteiger partial charge in [-0.2, -0.15) is 0 Å². The Morgan fingerprint density at radius 1 is 1.22 bits per heavy atom. The summed E-state index contributed by atoms with van der Waals surface area (Å²) in [7, 11) is 0. The summed E-state index contributed by atoms with van der Waals surface area (Å²) in [6.45, 7) is 12.8. The molecule has 18 heavy (non-hydrogen) atoms. The first-order valence-electron chi connectivity index (χ1n) is 6.44. The smallest absolute Gasteiger partial charge is 0.225 e. The molecule has 0 atom stereocenters. The molecule has 0 aliphatic rings. The molecule has 2 nitrogen and oxygen atoms in total. The summed E-state index contributed by atoms with van der Waals surface area (Å²) in [5.74, 6) is 0.117. The van der Waals surface area contributed by atoms with E-state index in [2.05, 4.69) is 52.9 Å². The first-order valence-corrected chi connectivity index (χ1v) is 7.25. The van der Waals surface area contributed by atoms with E-state index in [4.69, 9.17) is 0 Å². The van der Waals surface area contributed by atoms with Crippen LogP contribution in [0.15, 0.2) is 12.1 Å². The Morgan fingerprint density at radius 3 is 2.28 bits per heavy atom. The fraction of sp³-hybridized carbons (Fsp3) is 0.667. The van der Waals surface area contributed by atoms with Gasteiger partial charge in [0.15, 0.2) is 0 Å². The number of thiophene rings is 1. The number of carbonyl (C=O) groups is 1. The molecule has 0 saturated heterocycles. The van der Waals surface area contributed by atoms with Crippen molar-refractivity contribution in [2.45, 2.75) is 59.9 Å². The molecule has 1 aromatic rings. The third-order valence-corrected chi connectivity index (χ3v) is 3.58. The van der Waals surface area contributed by atoms with Crippen LogP contribution in [-0.4, -0.2) is 11.4 Å². The third-order valence-electron chi connectivity index (χ3n) is 2.58. The zero-order valence-corrected chi connectivity index (χ0v) is 13.2. The molecule has 0 spiro atoms. The van der Waals surface area contributed by atoms with Crippen molar-refractivity contribution in [2.24, 2.45) is 5.41 Å². The number of amides is 1. The third kappa shape index (κ3) is 5.67. The van der Waals surface area contributed by atoms with Crippen LogP contribution in [0.3, 0.4) is 0 Å². The van der Waals surface area contributed by atoms with Gasteiger partial charge in [0.25, 0.3) is 0 Å². The van der Waals surface area contributed by atoms with Gasteiger partial charge < -0.3 is 5.32 Å². The average Bonchev–Trinajstić information content (AvgIpc) is 2.44. The summed E-state index contributed by atoms with van der Waals surface area (Å²) in [5, 5.41) is 3.14. The average molecular weight is 267 g/mol. The SMILES string of the molecule is Cc1ccc(CC(=O)NC(C)(C)CC(C)(C)C)s1. The summed E-state index contributed by atoms with van der Waals surface area (Å²) in [5.41, 5.74) is 0.0674. The van der Waals surface area contributed by atoms with E-state index in [1.165, 1.54) is 4.88 Å². The van der Waals surface area contributed by atoms with E-state index >= 15 is 0 Å². The van der Waals surface area contributed by atoms with E-state index in [0.717, 1.165) is 11.3 Å². The van der Waals surface area contributed by atoms with Gasteiger partial charge in [-0.05, 0) is 44.7 Å². The Kier molecular flexibility index (Phi) is 4.60. The van der Waals surface area contributed by atoms with Gasteiger partial charge in [-0.1, -0.05) is 20.8 Å². The lowest BCUT2D eigenvalue weighted by Gasteiger charge is -2.33. The molecular formula is C15H25NOS. The predicted molar refractivity (Wildman–Crippen MR) is 79.1 cm³/mol. The van der Waals surface area contributed by atoms with Crippen LogP contribution in [0.5, 0.6) is 0 Å². The van der Waals surface area contributed by atoms with Crippen LogP contribution in [0, 0.1) is 12.3 Å². The van der Waals surface area contributed by atoms with Crippen LogP contribution in [0.2, 0.25) is 0 Å². The highest BCUT2D eigenvalue weighted by Crippen LogP contribution is 2.27. The summed E-state index contributed by atoms with van der Waals surface area (Å²) in [4.78, 5) is 14.4. The summed E-state index contributed by atoms with van der Waals surface area (Å²) < 4.78 is 0. The van der Waals surface area contributed by atoms with Crippen LogP contribution in [-0.2, 0) is 11.2 Å². The van der Waals surface area contributed by atoms with Crippen molar-refractivity contribution in [1.82, 2.24) is 5.32 Å². The highest BCUT2D eigenvalue weighted by atomic mass is 32.1. The number of rotatable bonds is 4. The molecule has 0 aromatic carbocycles. The second-order valence-electron chi connectivity index (χ2n) is 6.86. The predicted octanol–water partition coefficient (Wildman–Crippen LogP) is 3.93. The molecule has 1 heterocycles. The van der Waals surface area contributed by atoms with Crippen molar-refractivity contribution in [1.29, 1.82) is 0 Å². The molecular weight excluding hydrogens is 242 g/mol. The van der Waals surface area contributed by atoms with Crippen LogP contribution in [0.1, 0.15) is 50.8 Å². The Balaban J connectivity index is 2.54. The molecule has 102 valence electrons.